The standard InChI is InChI=1S/C25H24N4O2S/c1-17-12-13-18(2)21(14-17)26-23(31)16-32-25-28-27-24(20-10-6-7-11-22(20)30)29(25)15-19-8-4-3-5-9-19/h3-14,30H,15-16H2,1-2H3,(H,26,31). The number of rotatable bonds is 7. The summed E-state index contributed by atoms with van der Waals surface area (Å²) in [5.41, 5.74) is 4.60. The van der Waals surface area contributed by atoms with Crippen LogP contribution in [0.15, 0.2) is 78.0 Å². The zero-order chi connectivity index (χ0) is 22.5. The summed E-state index contributed by atoms with van der Waals surface area (Å²) in [6.45, 7) is 4.49. The van der Waals surface area contributed by atoms with Crippen molar-refractivity contribution in [2.24, 2.45) is 0 Å². The van der Waals surface area contributed by atoms with E-state index in [2.05, 4.69) is 15.5 Å². The molecule has 0 bridgehead atoms. The highest BCUT2D eigenvalue weighted by Crippen LogP contribution is 2.31. The first-order valence-corrected chi connectivity index (χ1v) is 11.2. The van der Waals surface area contributed by atoms with Gasteiger partial charge in [-0.25, -0.2) is 0 Å². The Bertz CT molecular complexity index is 1240. The van der Waals surface area contributed by atoms with Crippen LogP contribution in [0.2, 0.25) is 0 Å². The lowest BCUT2D eigenvalue weighted by Crippen LogP contribution is -2.15. The molecule has 0 aliphatic carbocycles. The molecule has 3 aromatic carbocycles. The van der Waals surface area contributed by atoms with Crippen molar-refractivity contribution < 1.29 is 9.90 Å². The summed E-state index contributed by atoms with van der Waals surface area (Å²) < 4.78 is 1.93. The molecule has 1 heterocycles. The topological polar surface area (TPSA) is 80.0 Å². The van der Waals surface area contributed by atoms with E-state index in [-0.39, 0.29) is 17.4 Å². The summed E-state index contributed by atoms with van der Waals surface area (Å²) in [7, 11) is 0. The lowest BCUT2D eigenvalue weighted by Gasteiger charge is -2.12. The van der Waals surface area contributed by atoms with Gasteiger partial charge in [0, 0.05) is 5.69 Å². The second-order valence-electron chi connectivity index (χ2n) is 7.55. The maximum atomic E-state index is 12.6. The van der Waals surface area contributed by atoms with Gasteiger partial charge in [-0.05, 0) is 48.7 Å². The fraction of sp³-hybridized carbons (Fsp3) is 0.160. The first kappa shape index (κ1) is 21.6. The van der Waals surface area contributed by atoms with Gasteiger partial charge in [0.1, 0.15) is 5.75 Å². The van der Waals surface area contributed by atoms with Crippen LogP contribution < -0.4 is 5.32 Å². The van der Waals surface area contributed by atoms with Gasteiger partial charge in [-0.15, -0.1) is 10.2 Å². The van der Waals surface area contributed by atoms with Crippen molar-refractivity contribution in [2.45, 2.75) is 25.5 Å². The van der Waals surface area contributed by atoms with Gasteiger partial charge in [-0.3, -0.25) is 9.36 Å². The van der Waals surface area contributed by atoms with Crippen LogP contribution in [0.25, 0.3) is 11.4 Å². The number of amides is 1. The van der Waals surface area contributed by atoms with Gasteiger partial charge < -0.3 is 10.4 Å². The average molecular weight is 445 g/mol. The summed E-state index contributed by atoms with van der Waals surface area (Å²) in [6.07, 6.45) is 0. The molecular formula is C25H24N4O2S. The van der Waals surface area contributed by atoms with E-state index in [0.29, 0.717) is 23.1 Å². The first-order chi connectivity index (χ1) is 15.5. The molecule has 32 heavy (non-hydrogen) atoms. The molecule has 0 aliphatic rings. The van der Waals surface area contributed by atoms with Gasteiger partial charge in [0.2, 0.25) is 5.91 Å². The van der Waals surface area contributed by atoms with Crippen LogP contribution in [-0.2, 0) is 11.3 Å². The van der Waals surface area contributed by atoms with Crippen LogP contribution in [0, 0.1) is 13.8 Å². The Balaban J connectivity index is 1.57. The number of nitrogens with one attached hydrogen (secondary N) is 1. The zero-order valence-corrected chi connectivity index (χ0v) is 18.8. The second-order valence-corrected chi connectivity index (χ2v) is 8.49. The Hall–Kier alpha value is -3.58. The van der Waals surface area contributed by atoms with Crippen molar-refractivity contribution in [1.29, 1.82) is 0 Å². The monoisotopic (exact) mass is 444 g/mol. The highest BCUT2D eigenvalue weighted by atomic mass is 32.2. The highest BCUT2D eigenvalue weighted by Gasteiger charge is 2.18. The molecule has 4 aromatic rings. The van der Waals surface area contributed by atoms with Gasteiger partial charge in [0.25, 0.3) is 0 Å². The number of aromatic hydroxyl groups is 1. The lowest BCUT2D eigenvalue weighted by atomic mass is 10.1. The Labute approximate surface area is 191 Å². The normalized spacial score (nSPS) is 10.8. The molecule has 1 amide bonds. The number of carbonyl (C=O) groups excluding carboxylic acids is 1. The van der Waals surface area contributed by atoms with Gasteiger partial charge >= 0.3 is 0 Å². The molecule has 0 atom stereocenters. The third kappa shape index (κ3) is 5.00. The van der Waals surface area contributed by atoms with E-state index >= 15 is 0 Å². The second kappa shape index (κ2) is 9.70. The molecule has 2 N–H and O–H groups in total. The van der Waals surface area contributed by atoms with Gasteiger partial charge in [-0.2, -0.15) is 0 Å². The fourth-order valence-electron chi connectivity index (χ4n) is 3.35. The molecule has 6 nitrogen and oxygen atoms in total. The van der Waals surface area contributed by atoms with Crippen LogP contribution in [-0.4, -0.2) is 31.5 Å². The van der Waals surface area contributed by atoms with Crippen LogP contribution in [0.4, 0.5) is 5.69 Å². The average Bonchev–Trinajstić information content (AvgIpc) is 3.18. The van der Waals surface area contributed by atoms with Gasteiger partial charge in [0.05, 0.1) is 17.9 Å². The minimum atomic E-state index is -0.109. The lowest BCUT2D eigenvalue weighted by molar-refractivity contribution is -0.113. The number of para-hydroxylation sites is 1. The van der Waals surface area contributed by atoms with Gasteiger partial charge in [0.15, 0.2) is 11.0 Å². The van der Waals surface area contributed by atoms with E-state index in [1.807, 2.05) is 79.1 Å². The summed E-state index contributed by atoms with van der Waals surface area (Å²) >= 11 is 1.32. The minimum Gasteiger partial charge on any atom is -0.507 e. The molecule has 7 heteroatoms. The molecule has 0 saturated heterocycles. The van der Waals surface area contributed by atoms with Crippen molar-refractivity contribution in [1.82, 2.24) is 14.8 Å². The number of anilines is 1. The molecule has 0 aliphatic heterocycles. The molecule has 0 fully saturated rings. The Morgan fingerprint density at radius 3 is 2.53 bits per heavy atom. The van der Waals surface area contributed by atoms with Crippen LogP contribution in [0.5, 0.6) is 5.75 Å². The van der Waals surface area contributed by atoms with E-state index in [1.54, 1.807) is 12.1 Å². The van der Waals surface area contributed by atoms with Crippen molar-refractivity contribution >= 4 is 23.4 Å². The number of hydrogen-bond donors (Lipinski definition) is 2. The SMILES string of the molecule is Cc1ccc(C)c(NC(=O)CSc2nnc(-c3ccccc3O)n2Cc2ccccc2)c1. The molecule has 162 valence electrons. The summed E-state index contributed by atoms with van der Waals surface area (Å²) in [5, 5.41) is 22.6. The number of phenolic OH excluding ortho intramolecular Hbond substituents is 1. The maximum absolute atomic E-state index is 12.6. The Morgan fingerprint density at radius 1 is 1.00 bits per heavy atom. The molecule has 4 rings (SSSR count). The first-order valence-electron chi connectivity index (χ1n) is 10.3. The Kier molecular flexibility index (Phi) is 6.56. The van der Waals surface area contributed by atoms with E-state index in [1.165, 1.54) is 11.8 Å². The van der Waals surface area contributed by atoms with E-state index in [0.717, 1.165) is 22.4 Å². The number of thioether (sulfide) groups is 1. The van der Waals surface area contributed by atoms with E-state index in [9.17, 15) is 9.90 Å². The number of hydrogen-bond acceptors (Lipinski definition) is 5. The molecular weight excluding hydrogens is 420 g/mol. The quantitative estimate of drug-likeness (QED) is 0.390. The predicted octanol–water partition coefficient (Wildman–Crippen LogP) is 5.05. The third-order valence-corrected chi connectivity index (χ3v) is 6.01. The largest absolute Gasteiger partial charge is 0.507 e. The molecule has 0 unspecified atom stereocenters. The number of carbonyl (C=O) groups is 1. The van der Waals surface area contributed by atoms with Crippen molar-refractivity contribution in [2.75, 3.05) is 11.1 Å². The van der Waals surface area contributed by atoms with Crippen LogP contribution >= 0.6 is 11.8 Å². The fourth-order valence-corrected chi connectivity index (χ4v) is 4.09. The van der Waals surface area contributed by atoms with Crippen molar-refractivity contribution in [3.63, 3.8) is 0 Å². The summed E-state index contributed by atoms with van der Waals surface area (Å²) in [4.78, 5) is 12.6. The molecule has 0 spiro atoms. The predicted molar refractivity (Wildman–Crippen MR) is 128 cm³/mol. The molecule has 0 radical (unpaired) electrons. The maximum Gasteiger partial charge on any atom is 0.234 e. The van der Waals surface area contributed by atoms with Crippen molar-refractivity contribution in [3.05, 3.63) is 89.5 Å². The number of benzene rings is 3. The number of nitrogens with zero attached hydrogens (tertiary/aromatic N) is 3. The highest BCUT2D eigenvalue weighted by molar-refractivity contribution is 7.99. The summed E-state index contributed by atoms with van der Waals surface area (Å²) in [6, 6.07) is 23.0. The smallest absolute Gasteiger partial charge is 0.234 e. The van der Waals surface area contributed by atoms with E-state index < -0.39 is 0 Å². The van der Waals surface area contributed by atoms with E-state index in [4.69, 9.17) is 0 Å². The Morgan fingerprint density at radius 2 is 1.75 bits per heavy atom. The van der Waals surface area contributed by atoms with Crippen molar-refractivity contribution in [3.8, 4) is 17.1 Å². The zero-order valence-electron chi connectivity index (χ0n) is 17.9. The van der Waals surface area contributed by atoms with Crippen LogP contribution in [0.1, 0.15) is 16.7 Å². The minimum absolute atomic E-state index is 0.109. The van der Waals surface area contributed by atoms with Crippen LogP contribution in [0.3, 0.4) is 0 Å². The summed E-state index contributed by atoms with van der Waals surface area (Å²) in [5.74, 6) is 0.783. The molecule has 1 aromatic heterocycles. The van der Waals surface area contributed by atoms with Gasteiger partial charge in [-0.1, -0.05) is 66.4 Å². The number of aryl methyl sites for hydroxylation is 2. The number of aromatic nitrogens is 3. The third-order valence-electron chi connectivity index (χ3n) is 5.04. The number of phenols is 1. The molecule has 0 saturated carbocycles.